The molecule has 3 aliphatic rings. The van der Waals surface area contributed by atoms with Gasteiger partial charge in [-0.05, 0) is 62.0 Å². The maximum absolute atomic E-state index is 13.2. The zero-order chi connectivity index (χ0) is 21.7. The van der Waals surface area contributed by atoms with Gasteiger partial charge < -0.3 is 20.4 Å². The number of fused-ring (bicyclic) bond motifs is 1. The molecule has 4 atom stereocenters. The van der Waals surface area contributed by atoms with Crippen LogP contribution in [-0.2, 0) is 21.4 Å². The van der Waals surface area contributed by atoms with E-state index in [0.717, 1.165) is 30.5 Å². The lowest BCUT2D eigenvalue weighted by Gasteiger charge is -2.63. The molecule has 1 amide bonds. The van der Waals surface area contributed by atoms with E-state index in [1.807, 2.05) is 13.1 Å². The van der Waals surface area contributed by atoms with Crippen molar-refractivity contribution >= 4 is 11.7 Å². The number of amides is 1. The molecular weight excluding hydrogens is 380 g/mol. The van der Waals surface area contributed by atoms with Crippen molar-refractivity contribution in [3.8, 4) is 5.75 Å². The van der Waals surface area contributed by atoms with E-state index in [1.165, 1.54) is 0 Å². The molecule has 1 saturated heterocycles. The number of Topliss-reactive ketones (excluding diaryl/α,β-unsaturated/α-hetero) is 1. The number of aliphatic hydroxyl groups is 1. The van der Waals surface area contributed by atoms with Crippen molar-refractivity contribution in [2.24, 2.45) is 5.92 Å². The number of phenolic OH excluding ortho intramolecular Hbond substituents is 1. The smallest absolute Gasteiger partial charge is 0.220 e. The number of aromatic hydroxyl groups is 1. The van der Waals surface area contributed by atoms with E-state index in [0.29, 0.717) is 25.2 Å². The van der Waals surface area contributed by atoms with Crippen molar-refractivity contribution in [3.05, 3.63) is 29.3 Å². The number of nitrogens with one attached hydrogen (secondary N) is 1. The lowest BCUT2D eigenvalue weighted by Crippen LogP contribution is -2.75. The Bertz CT molecular complexity index is 854. The minimum atomic E-state index is -1.12. The first-order valence-corrected chi connectivity index (χ1v) is 11.2. The summed E-state index contributed by atoms with van der Waals surface area (Å²) < 4.78 is 0. The molecule has 0 radical (unpaired) electrons. The summed E-state index contributed by atoms with van der Waals surface area (Å²) in [4.78, 5) is 27.8. The Morgan fingerprint density at radius 2 is 2.13 bits per heavy atom. The molecule has 30 heavy (non-hydrogen) atoms. The molecule has 1 heterocycles. The Morgan fingerprint density at radius 1 is 1.37 bits per heavy atom. The van der Waals surface area contributed by atoms with Crippen molar-refractivity contribution < 1.29 is 19.8 Å². The number of hydrogen-bond donors (Lipinski definition) is 3. The van der Waals surface area contributed by atoms with E-state index in [-0.39, 0.29) is 36.3 Å². The van der Waals surface area contributed by atoms with Gasteiger partial charge in [-0.25, -0.2) is 0 Å². The summed E-state index contributed by atoms with van der Waals surface area (Å²) in [6.07, 6.45) is 3.95. The molecule has 6 heteroatoms. The highest BCUT2D eigenvalue weighted by Crippen LogP contribution is 2.57. The highest BCUT2D eigenvalue weighted by Gasteiger charge is 2.66. The van der Waals surface area contributed by atoms with Crippen LogP contribution in [0.1, 0.15) is 63.5 Å². The number of nitrogens with zero attached hydrogens (tertiary/aromatic N) is 1. The van der Waals surface area contributed by atoms with Crippen LogP contribution in [0.25, 0.3) is 0 Å². The van der Waals surface area contributed by atoms with E-state index < -0.39 is 17.1 Å². The van der Waals surface area contributed by atoms with Gasteiger partial charge in [0.2, 0.25) is 5.91 Å². The third-order valence-electron chi connectivity index (χ3n) is 7.73. The van der Waals surface area contributed by atoms with Crippen molar-refractivity contribution in [2.75, 3.05) is 13.6 Å². The molecule has 0 spiro atoms. The van der Waals surface area contributed by atoms with Crippen LogP contribution in [0.4, 0.5) is 0 Å². The molecule has 1 aliphatic heterocycles. The van der Waals surface area contributed by atoms with Crippen LogP contribution < -0.4 is 5.32 Å². The van der Waals surface area contributed by atoms with Gasteiger partial charge in [0.1, 0.15) is 5.75 Å². The molecule has 4 unspecified atom stereocenters. The van der Waals surface area contributed by atoms with E-state index >= 15 is 0 Å². The first-order chi connectivity index (χ1) is 14.2. The zero-order valence-corrected chi connectivity index (χ0v) is 18.3. The van der Waals surface area contributed by atoms with Gasteiger partial charge in [0, 0.05) is 30.7 Å². The monoisotopic (exact) mass is 414 g/mol. The van der Waals surface area contributed by atoms with Gasteiger partial charge >= 0.3 is 0 Å². The number of ketones is 1. The largest absolute Gasteiger partial charge is 0.508 e. The molecule has 1 aromatic rings. The van der Waals surface area contributed by atoms with Crippen LogP contribution in [0.5, 0.6) is 5.75 Å². The summed E-state index contributed by atoms with van der Waals surface area (Å²) in [7, 11) is 2.02. The maximum atomic E-state index is 13.2. The number of piperidine rings is 1. The summed E-state index contributed by atoms with van der Waals surface area (Å²) in [6.45, 7) is 5.05. The topological polar surface area (TPSA) is 89.9 Å². The van der Waals surface area contributed by atoms with E-state index in [1.54, 1.807) is 12.1 Å². The summed E-state index contributed by atoms with van der Waals surface area (Å²) in [5, 5.41) is 25.1. The van der Waals surface area contributed by atoms with Crippen molar-refractivity contribution in [3.63, 3.8) is 0 Å². The first kappa shape index (κ1) is 21.3. The predicted octanol–water partition coefficient (Wildman–Crippen LogP) is 2.30. The number of likely N-dealkylation sites (N-methyl/N-ethyl adjacent to an activating group) is 1. The fraction of sp³-hybridized carbons (Fsp3) is 0.667. The van der Waals surface area contributed by atoms with Crippen LogP contribution in [0.15, 0.2) is 18.2 Å². The van der Waals surface area contributed by atoms with Crippen molar-refractivity contribution in [2.45, 2.75) is 81.9 Å². The second kappa shape index (κ2) is 7.65. The van der Waals surface area contributed by atoms with Gasteiger partial charge in [0.25, 0.3) is 0 Å². The van der Waals surface area contributed by atoms with Gasteiger partial charge in [-0.2, -0.15) is 0 Å². The fourth-order valence-electron chi connectivity index (χ4n) is 6.09. The third-order valence-corrected chi connectivity index (χ3v) is 7.73. The van der Waals surface area contributed by atoms with Crippen LogP contribution in [0.2, 0.25) is 0 Å². The molecule has 1 saturated carbocycles. The molecule has 2 fully saturated rings. The summed E-state index contributed by atoms with van der Waals surface area (Å²) in [5.41, 5.74) is 0.180. The Kier molecular flexibility index (Phi) is 5.43. The van der Waals surface area contributed by atoms with Gasteiger partial charge in [-0.3, -0.25) is 9.59 Å². The number of hydrogen-bond acceptors (Lipinski definition) is 5. The quantitative estimate of drug-likeness (QED) is 0.688. The summed E-state index contributed by atoms with van der Waals surface area (Å²) in [6, 6.07) is 4.57. The normalized spacial score (nSPS) is 33.2. The van der Waals surface area contributed by atoms with Gasteiger partial charge in [0.05, 0.1) is 11.6 Å². The van der Waals surface area contributed by atoms with E-state index in [2.05, 4.69) is 24.1 Å². The van der Waals surface area contributed by atoms with Crippen LogP contribution in [0.3, 0.4) is 0 Å². The second-order valence-corrected chi connectivity index (χ2v) is 10.1. The van der Waals surface area contributed by atoms with E-state index in [4.69, 9.17) is 0 Å². The zero-order valence-electron chi connectivity index (χ0n) is 18.3. The second-order valence-electron chi connectivity index (χ2n) is 10.1. The Morgan fingerprint density at radius 3 is 2.87 bits per heavy atom. The maximum Gasteiger partial charge on any atom is 0.220 e. The van der Waals surface area contributed by atoms with Crippen LogP contribution >= 0.6 is 0 Å². The molecule has 0 aromatic heterocycles. The molecule has 2 aliphatic carbocycles. The lowest BCUT2D eigenvalue weighted by molar-refractivity contribution is -0.174. The Balaban J connectivity index is 1.62. The number of carbonyl (C=O) groups excluding carboxylic acids is 2. The lowest BCUT2D eigenvalue weighted by atomic mass is 9.48. The van der Waals surface area contributed by atoms with Crippen molar-refractivity contribution in [1.82, 2.24) is 10.2 Å². The molecule has 4 rings (SSSR count). The van der Waals surface area contributed by atoms with Gasteiger partial charge in [-0.1, -0.05) is 26.3 Å². The number of phenols is 1. The highest BCUT2D eigenvalue weighted by atomic mass is 16.3. The fourth-order valence-corrected chi connectivity index (χ4v) is 6.09. The average Bonchev–Trinajstić information content (AvgIpc) is 2.66. The Labute approximate surface area is 178 Å². The molecule has 164 valence electrons. The number of rotatable bonds is 5. The summed E-state index contributed by atoms with van der Waals surface area (Å²) in [5.74, 6) is 0.580. The SMILES string of the molecule is CC(C)CCCC(=O)NC1CC2(O)C3Cc4ccc(O)cc4C2(CCN3C)CC1=O. The van der Waals surface area contributed by atoms with Crippen LogP contribution in [-0.4, -0.2) is 58.1 Å². The number of carbonyl (C=O) groups is 2. The van der Waals surface area contributed by atoms with E-state index in [9.17, 15) is 19.8 Å². The molecule has 2 bridgehead atoms. The molecule has 6 nitrogen and oxygen atoms in total. The number of likely N-dealkylation sites (tertiary alicyclic amines) is 1. The molecule has 3 N–H and O–H groups in total. The van der Waals surface area contributed by atoms with Gasteiger partial charge in [-0.15, -0.1) is 0 Å². The molecule has 1 aromatic carbocycles. The Hall–Kier alpha value is -1.92. The minimum absolute atomic E-state index is 0.0172. The minimum Gasteiger partial charge on any atom is -0.508 e. The number of benzene rings is 1. The highest BCUT2D eigenvalue weighted by molar-refractivity contribution is 5.91. The molecular formula is C24H34N2O4. The third kappa shape index (κ3) is 3.34. The van der Waals surface area contributed by atoms with Crippen molar-refractivity contribution in [1.29, 1.82) is 0 Å². The average molecular weight is 415 g/mol. The van der Waals surface area contributed by atoms with Gasteiger partial charge in [0.15, 0.2) is 5.78 Å². The first-order valence-electron chi connectivity index (χ1n) is 11.2. The predicted molar refractivity (Wildman–Crippen MR) is 114 cm³/mol. The summed E-state index contributed by atoms with van der Waals surface area (Å²) >= 11 is 0. The standard InChI is InChI=1S/C24H34N2O4/c1-15(2)5-4-6-22(29)25-19-13-24(30)21-11-16-7-8-17(27)12-18(16)23(24,14-20(19)28)9-10-26(21)3/h7-8,12,15,19,21,27,30H,4-6,9-11,13-14H2,1-3H3,(H,25,29). The van der Waals surface area contributed by atoms with Crippen LogP contribution in [0, 0.1) is 5.92 Å².